The molecule has 1 aromatic rings. The van der Waals surface area contributed by atoms with Gasteiger partial charge in [-0.3, -0.25) is 0 Å². The summed E-state index contributed by atoms with van der Waals surface area (Å²) in [6, 6.07) is 9.84. The van der Waals surface area contributed by atoms with Crippen LogP contribution in [0.25, 0.3) is 0 Å². The van der Waals surface area contributed by atoms with Crippen LogP contribution in [0.1, 0.15) is 6.92 Å². The van der Waals surface area contributed by atoms with Gasteiger partial charge in [-0.2, -0.15) is 5.26 Å². The van der Waals surface area contributed by atoms with Crippen LogP contribution in [0.2, 0.25) is 0 Å². The molecule has 1 rings (SSSR count). The van der Waals surface area contributed by atoms with Crippen LogP contribution in [0.3, 0.4) is 0 Å². The summed E-state index contributed by atoms with van der Waals surface area (Å²) in [6.07, 6.45) is 0. The smallest absolute Gasteiger partial charge is 0.141 e. The predicted octanol–water partition coefficient (Wildman–Crippen LogP) is 2.27. The normalized spacial score (nSPS) is 11.5. The number of hydrogen-bond acceptors (Lipinski definition) is 3. The van der Waals surface area contributed by atoms with E-state index in [1.807, 2.05) is 31.2 Å². The SMILES string of the molecule is COc1ccccc1NCC(C)C#N. The van der Waals surface area contributed by atoms with Gasteiger partial charge in [-0.1, -0.05) is 12.1 Å². The average molecular weight is 190 g/mol. The minimum Gasteiger partial charge on any atom is -0.495 e. The molecule has 1 N–H and O–H groups in total. The first-order valence-electron chi connectivity index (χ1n) is 4.54. The molecule has 1 atom stereocenters. The Kier molecular flexibility index (Phi) is 3.81. The highest BCUT2D eigenvalue weighted by atomic mass is 16.5. The molecule has 0 aliphatic carbocycles. The maximum Gasteiger partial charge on any atom is 0.141 e. The van der Waals surface area contributed by atoms with Crippen LogP contribution in [0.4, 0.5) is 5.69 Å². The highest BCUT2D eigenvalue weighted by Gasteiger charge is 2.02. The zero-order valence-corrected chi connectivity index (χ0v) is 8.45. The lowest BCUT2D eigenvalue weighted by Crippen LogP contribution is -2.09. The van der Waals surface area contributed by atoms with E-state index in [-0.39, 0.29) is 5.92 Å². The molecule has 3 heteroatoms. The second-order valence-electron chi connectivity index (χ2n) is 3.11. The molecule has 3 nitrogen and oxygen atoms in total. The Hall–Kier alpha value is -1.69. The zero-order chi connectivity index (χ0) is 10.4. The average Bonchev–Trinajstić information content (AvgIpc) is 2.26. The van der Waals surface area contributed by atoms with Crippen molar-refractivity contribution in [1.29, 1.82) is 5.26 Å². The fourth-order valence-electron chi connectivity index (χ4n) is 1.10. The second-order valence-corrected chi connectivity index (χ2v) is 3.11. The van der Waals surface area contributed by atoms with E-state index in [9.17, 15) is 0 Å². The quantitative estimate of drug-likeness (QED) is 0.792. The molecular formula is C11H14N2O. The first-order chi connectivity index (χ1) is 6.77. The third-order valence-electron chi connectivity index (χ3n) is 1.93. The Morgan fingerprint density at radius 2 is 2.21 bits per heavy atom. The summed E-state index contributed by atoms with van der Waals surface area (Å²) in [5.41, 5.74) is 0.928. The van der Waals surface area contributed by atoms with Gasteiger partial charge in [0.2, 0.25) is 0 Å². The first-order valence-corrected chi connectivity index (χ1v) is 4.54. The molecule has 0 bridgehead atoms. The van der Waals surface area contributed by atoms with Gasteiger partial charge in [-0.25, -0.2) is 0 Å². The molecule has 14 heavy (non-hydrogen) atoms. The van der Waals surface area contributed by atoms with Gasteiger partial charge < -0.3 is 10.1 Å². The summed E-state index contributed by atoms with van der Waals surface area (Å²) in [6.45, 7) is 2.51. The van der Waals surface area contributed by atoms with Crippen molar-refractivity contribution >= 4 is 5.69 Å². The van der Waals surface area contributed by atoms with E-state index >= 15 is 0 Å². The number of benzene rings is 1. The number of nitrogens with one attached hydrogen (secondary N) is 1. The van der Waals surface area contributed by atoms with Crippen molar-refractivity contribution in [3.05, 3.63) is 24.3 Å². The first kappa shape index (κ1) is 10.4. The summed E-state index contributed by atoms with van der Waals surface area (Å²) >= 11 is 0. The Morgan fingerprint density at radius 1 is 1.50 bits per heavy atom. The highest BCUT2D eigenvalue weighted by molar-refractivity contribution is 5.56. The standard InChI is InChI=1S/C11H14N2O/c1-9(7-12)8-13-10-5-3-4-6-11(10)14-2/h3-6,9,13H,8H2,1-2H3. The number of ether oxygens (including phenoxy) is 1. The molecule has 0 fully saturated rings. The topological polar surface area (TPSA) is 45.0 Å². The van der Waals surface area contributed by atoms with E-state index in [1.165, 1.54) is 0 Å². The summed E-state index contributed by atoms with van der Waals surface area (Å²) in [5, 5.41) is 11.8. The molecule has 1 aromatic carbocycles. The van der Waals surface area contributed by atoms with E-state index in [0.29, 0.717) is 6.54 Å². The van der Waals surface area contributed by atoms with Crippen molar-refractivity contribution in [3.8, 4) is 11.8 Å². The van der Waals surface area contributed by atoms with E-state index in [0.717, 1.165) is 11.4 Å². The van der Waals surface area contributed by atoms with E-state index in [2.05, 4.69) is 11.4 Å². The number of para-hydroxylation sites is 2. The maximum absolute atomic E-state index is 8.62. The van der Waals surface area contributed by atoms with Crippen LogP contribution in [-0.2, 0) is 0 Å². The van der Waals surface area contributed by atoms with E-state index in [1.54, 1.807) is 7.11 Å². The van der Waals surface area contributed by atoms with Crippen molar-refractivity contribution in [2.45, 2.75) is 6.92 Å². The minimum atomic E-state index is -0.0000813. The van der Waals surface area contributed by atoms with Gasteiger partial charge in [0.15, 0.2) is 0 Å². The van der Waals surface area contributed by atoms with Crippen LogP contribution < -0.4 is 10.1 Å². The molecule has 0 saturated carbocycles. The number of anilines is 1. The molecule has 0 aliphatic heterocycles. The molecule has 1 unspecified atom stereocenters. The van der Waals surface area contributed by atoms with Gasteiger partial charge >= 0.3 is 0 Å². The van der Waals surface area contributed by atoms with Crippen molar-refractivity contribution in [2.75, 3.05) is 19.0 Å². The Labute approximate surface area is 84.3 Å². The van der Waals surface area contributed by atoms with Crippen LogP contribution in [-0.4, -0.2) is 13.7 Å². The monoisotopic (exact) mass is 190 g/mol. The fourth-order valence-corrected chi connectivity index (χ4v) is 1.10. The summed E-state index contributed by atoms with van der Waals surface area (Å²) < 4.78 is 5.17. The number of hydrogen-bond donors (Lipinski definition) is 1. The number of nitriles is 1. The van der Waals surface area contributed by atoms with E-state index < -0.39 is 0 Å². The van der Waals surface area contributed by atoms with Crippen molar-refractivity contribution in [3.63, 3.8) is 0 Å². The Bertz CT molecular complexity index is 330. The largest absolute Gasteiger partial charge is 0.495 e. The molecule has 0 spiro atoms. The molecule has 0 aliphatic rings. The van der Waals surface area contributed by atoms with Crippen molar-refractivity contribution < 1.29 is 4.74 Å². The summed E-state index contributed by atoms with van der Waals surface area (Å²) in [5.74, 6) is 0.803. The molecule has 0 radical (unpaired) electrons. The van der Waals surface area contributed by atoms with Crippen molar-refractivity contribution in [2.24, 2.45) is 5.92 Å². The van der Waals surface area contributed by atoms with Gasteiger partial charge in [0.05, 0.1) is 24.8 Å². The summed E-state index contributed by atoms with van der Waals surface area (Å²) in [7, 11) is 1.63. The van der Waals surface area contributed by atoms with Gasteiger partial charge in [-0.15, -0.1) is 0 Å². The lowest BCUT2D eigenvalue weighted by atomic mass is 10.2. The van der Waals surface area contributed by atoms with Gasteiger partial charge in [0.1, 0.15) is 5.75 Å². The molecule has 0 amide bonds. The molecule has 0 aromatic heterocycles. The lowest BCUT2D eigenvalue weighted by Gasteiger charge is -2.11. The lowest BCUT2D eigenvalue weighted by molar-refractivity contribution is 0.416. The second kappa shape index (κ2) is 5.13. The Morgan fingerprint density at radius 3 is 2.86 bits per heavy atom. The number of nitrogens with zero attached hydrogens (tertiary/aromatic N) is 1. The molecule has 74 valence electrons. The van der Waals surface area contributed by atoms with Crippen LogP contribution >= 0.6 is 0 Å². The van der Waals surface area contributed by atoms with Crippen molar-refractivity contribution in [1.82, 2.24) is 0 Å². The number of rotatable bonds is 4. The van der Waals surface area contributed by atoms with E-state index in [4.69, 9.17) is 10.00 Å². The van der Waals surface area contributed by atoms with Crippen LogP contribution in [0.5, 0.6) is 5.75 Å². The highest BCUT2D eigenvalue weighted by Crippen LogP contribution is 2.22. The molecule has 0 heterocycles. The van der Waals surface area contributed by atoms with Crippen LogP contribution in [0.15, 0.2) is 24.3 Å². The minimum absolute atomic E-state index is 0.0000813. The third-order valence-corrected chi connectivity index (χ3v) is 1.93. The van der Waals surface area contributed by atoms with Gasteiger partial charge in [0.25, 0.3) is 0 Å². The van der Waals surface area contributed by atoms with Gasteiger partial charge in [-0.05, 0) is 19.1 Å². The zero-order valence-electron chi connectivity index (χ0n) is 8.45. The Balaban J connectivity index is 2.63. The summed E-state index contributed by atoms with van der Waals surface area (Å²) in [4.78, 5) is 0. The number of methoxy groups -OCH3 is 1. The molecular weight excluding hydrogens is 176 g/mol. The third kappa shape index (κ3) is 2.67. The van der Waals surface area contributed by atoms with Gasteiger partial charge in [0, 0.05) is 6.54 Å². The molecule has 0 saturated heterocycles. The maximum atomic E-state index is 8.62. The fraction of sp³-hybridized carbons (Fsp3) is 0.364. The van der Waals surface area contributed by atoms with Crippen LogP contribution in [0, 0.1) is 17.2 Å². The predicted molar refractivity (Wildman–Crippen MR) is 56.3 cm³/mol.